The normalized spacial score (nSPS) is 18.6. The zero-order chi connectivity index (χ0) is 16.2. The van der Waals surface area contributed by atoms with Crippen molar-refractivity contribution in [1.82, 2.24) is 0 Å². The molecule has 1 aliphatic heterocycles. The third-order valence-electron chi connectivity index (χ3n) is 3.89. The number of Topliss-reactive ketones (excluding diaryl/α,β-unsaturated/α-hetero) is 1. The lowest BCUT2D eigenvalue weighted by Crippen LogP contribution is -2.40. The molecule has 0 bridgehead atoms. The van der Waals surface area contributed by atoms with Crippen molar-refractivity contribution in [3.05, 3.63) is 64.1 Å². The quantitative estimate of drug-likeness (QED) is 0.785. The third kappa shape index (κ3) is 4.05. The van der Waals surface area contributed by atoms with E-state index in [0.29, 0.717) is 22.2 Å². The molecular formula is C18H17Cl2NO2. The molecule has 0 saturated carbocycles. The first-order valence-corrected chi connectivity index (χ1v) is 8.32. The lowest BCUT2D eigenvalue weighted by atomic mass is 9.97. The summed E-state index contributed by atoms with van der Waals surface area (Å²) in [5.74, 6) is -0.0191. The van der Waals surface area contributed by atoms with E-state index in [4.69, 9.17) is 27.9 Å². The number of ether oxygens (including phenoxy) is 1. The van der Waals surface area contributed by atoms with Gasteiger partial charge in [0.05, 0.1) is 6.10 Å². The van der Waals surface area contributed by atoms with E-state index in [1.807, 2.05) is 12.1 Å². The summed E-state index contributed by atoms with van der Waals surface area (Å²) < 4.78 is 5.74. The second-order valence-electron chi connectivity index (χ2n) is 5.55. The Balaban J connectivity index is 1.85. The largest absolute Gasteiger partial charge is 0.376 e. The highest BCUT2D eigenvalue weighted by molar-refractivity contribution is 6.31. The van der Waals surface area contributed by atoms with E-state index in [0.717, 1.165) is 18.5 Å². The van der Waals surface area contributed by atoms with E-state index >= 15 is 0 Å². The van der Waals surface area contributed by atoms with Crippen molar-refractivity contribution in [3.63, 3.8) is 0 Å². The van der Waals surface area contributed by atoms with Gasteiger partial charge in [-0.25, -0.2) is 0 Å². The van der Waals surface area contributed by atoms with Crippen LogP contribution in [-0.4, -0.2) is 24.5 Å². The summed E-state index contributed by atoms with van der Waals surface area (Å²) in [4.78, 5) is 12.9. The van der Waals surface area contributed by atoms with Gasteiger partial charge >= 0.3 is 0 Å². The van der Waals surface area contributed by atoms with Gasteiger partial charge in [-0.15, -0.1) is 0 Å². The molecule has 0 radical (unpaired) electrons. The SMILES string of the molecule is O=C(c1cccc(Cl)c1)[C@H](Nc1ccc(Cl)cc1)[C@H]1CCCO1. The summed E-state index contributed by atoms with van der Waals surface area (Å²) in [6, 6.07) is 13.9. The second kappa shape index (κ2) is 7.35. The minimum atomic E-state index is -0.447. The summed E-state index contributed by atoms with van der Waals surface area (Å²) in [6.07, 6.45) is 1.68. The number of carbonyl (C=O) groups is 1. The number of nitrogens with one attached hydrogen (secondary N) is 1. The zero-order valence-electron chi connectivity index (χ0n) is 12.5. The first-order chi connectivity index (χ1) is 11.1. The molecule has 120 valence electrons. The Morgan fingerprint density at radius 3 is 2.57 bits per heavy atom. The van der Waals surface area contributed by atoms with Gasteiger partial charge in [-0.3, -0.25) is 4.79 Å². The Labute approximate surface area is 145 Å². The Hall–Kier alpha value is -1.55. The van der Waals surface area contributed by atoms with E-state index in [1.54, 1.807) is 36.4 Å². The molecule has 2 atom stereocenters. The Morgan fingerprint density at radius 2 is 1.91 bits per heavy atom. The average Bonchev–Trinajstić information content (AvgIpc) is 3.08. The number of benzene rings is 2. The van der Waals surface area contributed by atoms with Crippen LogP contribution in [0.2, 0.25) is 10.0 Å². The van der Waals surface area contributed by atoms with E-state index < -0.39 is 6.04 Å². The molecule has 1 heterocycles. The molecule has 2 aromatic carbocycles. The molecule has 0 aliphatic carbocycles. The van der Waals surface area contributed by atoms with Gasteiger partial charge in [0, 0.05) is 27.9 Å². The van der Waals surface area contributed by atoms with Crippen LogP contribution in [0.25, 0.3) is 0 Å². The van der Waals surface area contributed by atoms with Crippen LogP contribution in [0.4, 0.5) is 5.69 Å². The minimum absolute atomic E-state index is 0.0191. The molecule has 5 heteroatoms. The lowest BCUT2D eigenvalue weighted by Gasteiger charge is -2.24. The highest BCUT2D eigenvalue weighted by Gasteiger charge is 2.32. The summed E-state index contributed by atoms with van der Waals surface area (Å²) in [5, 5.41) is 4.50. The van der Waals surface area contributed by atoms with Crippen LogP contribution in [0.3, 0.4) is 0 Å². The molecule has 1 saturated heterocycles. The van der Waals surface area contributed by atoms with E-state index in [-0.39, 0.29) is 11.9 Å². The van der Waals surface area contributed by atoms with Crippen molar-refractivity contribution >= 4 is 34.7 Å². The number of hydrogen-bond donors (Lipinski definition) is 1. The number of hydrogen-bond acceptors (Lipinski definition) is 3. The standard InChI is InChI=1S/C18H17Cl2NO2/c19-13-6-8-15(9-7-13)21-17(16-5-2-10-23-16)18(22)12-3-1-4-14(20)11-12/h1,3-4,6-9,11,16-17,21H,2,5,10H2/t16-,17-/m1/s1. The van der Waals surface area contributed by atoms with Gasteiger partial charge in [0.25, 0.3) is 0 Å². The number of halogens is 2. The average molecular weight is 350 g/mol. The van der Waals surface area contributed by atoms with Crippen molar-refractivity contribution in [2.45, 2.75) is 25.0 Å². The van der Waals surface area contributed by atoms with Crippen molar-refractivity contribution in [3.8, 4) is 0 Å². The Morgan fingerprint density at radius 1 is 1.13 bits per heavy atom. The van der Waals surface area contributed by atoms with Gasteiger partial charge in [0.1, 0.15) is 6.04 Å². The molecular weight excluding hydrogens is 333 g/mol. The summed E-state index contributed by atoms with van der Waals surface area (Å²) in [7, 11) is 0. The monoisotopic (exact) mass is 349 g/mol. The Kier molecular flexibility index (Phi) is 5.21. The van der Waals surface area contributed by atoms with Crippen LogP contribution in [0.5, 0.6) is 0 Å². The minimum Gasteiger partial charge on any atom is -0.376 e. The van der Waals surface area contributed by atoms with Gasteiger partial charge in [0.2, 0.25) is 0 Å². The molecule has 3 nitrogen and oxygen atoms in total. The fourth-order valence-corrected chi connectivity index (χ4v) is 3.06. The number of carbonyl (C=O) groups excluding carboxylic acids is 1. The van der Waals surface area contributed by atoms with Gasteiger partial charge < -0.3 is 10.1 Å². The number of anilines is 1. The molecule has 2 aromatic rings. The van der Waals surface area contributed by atoms with Gasteiger partial charge in [-0.1, -0.05) is 35.3 Å². The summed E-state index contributed by atoms with van der Waals surface area (Å²) in [6.45, 7) is 0.687. The lowest BCUT2D eigenvalue weighted by molar-refractivity contribution is 0.0721. The fourth-order valence-electron chi connectivity index (χ4n) is 2.74. The van der Waals surface area contributed by atoms with Crippen LogP contribution >= 0.6 is 23.2 Å². The summed E-state index contributed by atoms with van der Waals surface area (Å²) >= 11 is 11.9. The van der Waals surface area contributed by atoms with E-state index in [9.17, 15) is 4.79 Å². The first-order valence-electron chi connectivity index (χ1n) is 7.57. The molecule has 3 rings (SSSR count). The van der Waals surface area contributed by atoms with Crippen molar-refractivity contribution in [1.29, 1.82) is 0 Å². The maximum atomic E-state index is 12.9. The smallest absolute Gasteiger partial charge is 0.187 e. The van der Waals surface area contributed by atoms with Crippen molar-refractivity contribution in [2.24, 2.45) is 0 Å². The zero-order valence-corrected chi connectivity index (χ0v) is 14.0. The molecule has 1 N–H and O–H groups in total. The van der Waals surface area contributed by atoms with Crippen LogP contribution in [0.1, 0.15) is 23.2 Å². The third-order valence-corrected chi connectivity index (χ3v) is 4.38. The first kappa shape index (κ1) is 16.3. The molecule has 0 unspecified atom stereocenters. The molecule has 1 aliphatic rings. The van der Waals surface area contributed by atoms with Crippen LogP contribution in [0, 0.1) is 0 Å². The van der Waals surface area contributed by atoms with Gasteiger partial charge in [-0.2, -0.15) is 0 Å². The van der Waals surface area contributed by atoms with E-state index in [2.05, 4.69) is 5.32 Å². The van der Waals surface area contributed by atoms with Crippen molar-refractivity contribution < 1.29 is 9.53 Å². The topological polar surface area (TPSA) is 38.3 Å². The van der Waals surface area contributed by atoms with Gasteiger partial charge in [-0.05, 0) is 49.2 Å². The van der Waals surface area contributed by atoms with Crippen LogP contribution < -0.4 is 5.32 Å². The number of ketones is 1. The molecule has 0 amide bonds. The van der Waals surface area contributed by atoms with E-state index in [1.165, 1.54) is 0 Å². The molecule has 23 heavy (non-hydrogen) atoms. The van der Waals surface area contributed by atoms with Crippen LogP contribution in [0.15, 0.2) is 48.5 Å². The predicted octanol–water partition coefficient (Wildman–Crippen LogP) is 4.84. The molecule has 1 fully saturated rings. The number of rotatable bonds is 5. The van der Waals surface area contributed by atoms with Gasteiger partial charge in [0.15, 0.2) is 5.78 Å². The molecule has 0 aromatic heterocycles. The maximum Gasteiger partial charge on any atom is 0.187 e. The fraction of sp³-hybridized carbons (Fsp3) is 0.278. The molecule has 0 spiro atoms. The Bertz CT molecular complexity index is 682. The summed E-state index contributed by atoms with van der Waals surface area (Å²) in [5.41, 5.74) is 1.42. The van der Waals surface area contributed by atoms with Crippen molar-refractivity contribution in [2.75, 3.05) is 11.9 Å². The highest BCUT2D eigenvalue weighted by atomic mass is 35.5. The van der Waals surface area contributed by atoms with Crippen LogP contribution in [-0.2, 0) is 4.74 Å². The highest BCUT2D eigenvalue weighted by Crippen LogP contribution is 2.24. The maximum absolute atomic E-state index is 12.9. The second-order valence-corrected chi connectivity index (χ2v) is 6.43. The predicted molar refractivity (Wildman–Crippen MR) is 93.6 cm³/mol.